The van der Waals surface area contributed by atoms with Gasteiger partial charge in [0.25, 0.3) is 5.91 Å². The summed E-state index contributed by atoms with van der Waals surface area (Å²) in [4.78, 5) is 40.3. The summed E-state index contributed by atoms with van der Waals surface area (Å²) in [6.07, 6.45) is 0.427. The van der Waals surface area contributed by atoms with E-state index in [0.29, 0.717) is 54.3 Å². The number of carbonyl (C=O) groups excluding carboxylic acids is 3. The molecule has 0 spiro atoms. The number of hydrogen-bond acceptors (Lipinski definition) is 6. The largest absolute Gasteiger partial charge is 0.496 e. The highest BCUT2D eigenvalue weighted by molar-refractivity contribution is 6.52. The van der Waals surface area contributed by atoms with Crippen molar-refractivity contribution >= 4 is 67.9 Å². The van der Waals surface area contributed by atoms with Gasteiger partial charge < -0.3 is 19.3 Å². The Balaban J connectivity index is 1.37. The van der Waals surface area contributed by atoms with Gasteiger partial charge in [-0.05, 0) is 29.5 Å². The lowest BCUT2D eigenvalue weighted by Gasteiger charge is -2.44. The maximum Gasteiger partial charge on any atom is 0.255 e. The lowest BCUT2D eigenvalue weighted by atomic mass is 9.53. The molecule has 2 atom stereocenters. The van der Waals surface area contributed by atoms with Crippen LogP contribution < -0.4 is 21.0 Å². The number of piperidine rings is 1. The van der Waals surface area contributed by atoms with Crippen LogP contribution in [0.2, 0.25) is 0 Å². The Morgan fingerprint density at radius 2 is 1.79 bits per heavy atom. The number of hydrogen-bond donors (Lipinski definition) is 1. The molecule has 0 bridgehead atoms. The van der Waals surface area contributed by atoms with E-state index in [2.05, 4.69) is 5.32 Å². The monoisotopic (exact) mass is 499 g/mol. The molecular weight excluding hydrogens is 476 g/mol. The Bertz CT molecular complexity index is 1300. The number of ether oxygens (including phenoxy) is 2. The molecule has 3 amide bonds. The van der Waals surface area contributed by atoms with Crippen molar-refractivity contribution in [3.8, 4) is 5.75 Å². The highest BCUT2D eigenvalue weighted by Crippen LogP contribution is 2.35. The minimum atomic E-state index is -1.36. The van der Waals surface area contributed by atoms with Gasteiger partial charge in [-0.2, -0.15) is 0 Å². The molecule has 2 aromatic carbocycles. The van der Waals surface area contributed by atoms with Crippen molar-refractivity contribution < 1.29 is 23.9 Å². The SMILES string of the molecule is [B]c1c(C([B])Oc2cccc3c2CN(C2CCC(=O)NC2=O)C3=O)ccc(C([B])([B])N2CCOCC2)c1[B]. The summed E-state index contributed by atoms with van der Waals surface area (Å²) < 4.78 is 11.4. The van der Waals surface area contributed by atoms with E-state index in [1.807, 2.05) is 4.90 Å². The van der Waals surface area contributed by atoms with E-state index in [0.717, 1.165) is 0 Å². The van der Waals surface area contributed by atoms with Gasteiger partial charge in [-0.3, -0.25) is 19.7 Å². The van der Waals surface area contributed by atoms with Crippen molar-refractivity contribution in [3.63, 3.8) is 0 Å². The summed E-state index contributed by atoms with van der Waals surface area (Å²) in [6, 6.07) is 6.62. The van der Waals surface area contributed by atoms with Crippen LogP contribution in [-0.4, -0.2) is 99.1 Å². The Kier molecular flexibility index (Phi) is 7.26. The number of benzene rings is 2. The molecule has 3 aliphatic rings. The van der Waals surface area contributed by atoms with Crippen molar-refractivity contribution in [1.82, 2.24) is 15.1 Å². The van der Waals surface area contributed by atoms with Crippen molar-refractivity contribution in [2.24, 2.45) is 0 Å². The van der Waals surface area contributed by atoms with Crippen LogP contribution in [0.4, 0.5) is 0 Å². The number of amides is 3. The van der Waals surface area contributed by atoms with Crippen molar-refractivity contribution in [2.45, 2.75) is 36.8 Å². The van der Waals surface area contributed by atoms with Crippen molar-refractivity contribution in [2.75, 3.05) is 26.3 Å². The van der Waals surface area contributed by atoms with Gasteiger partial charge in [0, 0.05) is 30.6 Å². The summed E-state index contributed by atoms with van der Waals surface area (Å²) >= 11 is 0. The first-order chi connectivity index (χ1) is 18.1. The third kappa shape index (κ3) is 4.71. The van der Waals surface area contributed by atoms with E-state index in [1.54, 1.807) is 30.3 Å². The number of imide groups is 1. The predicted octanol–water partition coefficient (Wildman–Crippen LogP) is -1.94. The Morgan fingerprint density at radius 3 is 2.50 bits per heavy atom. The van der Waals surface area contributed by atoms with Crippen LogP contribution in [0.5, 0.6) is 5.75 Å². The molecule has 1 N–H and O–H groups in total. The van der Waals surface area contributed by atoms with Crippen LogP contribution in [-0.2, 0) is 26.2 Å². The fourth-order valence-electron chi connectivity index (χ4n) is 5.22. The second-order valence-electron chi connectivity index (χ2n) is 9.68. The van der Waals surface area contributed by atoms with E-state index >= 15 is 0 Å². The molecule has 2 saturated heterocycles. The molecule has 0 aromatic heterocycles. The number of nitrogens with zero attached hydrogens (tertiary/aromatic N) is 2. The first-order valence-corrected chi connectivity index (χ1v) is 12.4. The molecule has 10 radical (unpaired) electrons. The van der Waals surface area contributed by atoms with E-state index in [9.17, 15) is 14.4 Å². The van der Waals surface area contributed by atoms with Crippen molar-refractivity contribution in [3.05, 3.63) is 52.6 Å². The van der Waals surface area contributed by atoms with Gasteiger partial charge in [-0.15, -0.1) is 0 Å². The minimum absolute atomic E-state index is 0.141. The Labute approximate surface area is 228 Å². The normalized spacial score (nSPS) is 21.2. The molecule has 0 saturated carbocycles. The topological polar surface area (TPSA) is 88.2 Å². The van der Waals surface area contributed by atoms with Gasteiger partial charge >= 0.3 is 0 Å². The van der Waals surface area contributed by atoms with Crippen LogP contribution in [0.3, 0.4) is 0 Å². The second kappa shape index (κ2) is 10.3. The molecule has 13 heteroatoms. The highest BCUT2D eigenvalue weighted by atomic mass is 16.5. The molecule has 0 aliphatic carbocycles. The zero-order valence-electron chi connectivity index (χ0n) is 20.8. The maximum absolute atomic E-state index is 13.1. The molecule has 8 nitrogen and oxygen atoms in total. The van der Waals surface area contributed by atoms with E-state index in [1.165, 1.54) is 4.90 Å². The number of morpholine rings is 1. The van der Waals surface area contributed by atoms with E-state index in [-0.39, 0.29) is 42.1 Å². The van der Waals surface area contributed by atoms with Crippen LogP contribution in [0, 0.1) is 0 Å². The fourth-order valence-corrected chi connectivity index (χ4v) is 5.22. The maximum atomic E-state index is 13.1. The number of rotatable bonds is 6. The molecule has 38 heavy (non-hydrogen) atoms. The zero-order chi connectivity index (χ0) is 27.2. The Morgan fingerprint density at radius 1 is 1.05 bits per heavy atom. The quantitative estimate of drug-likeness (QED) is 0.369. The molecule has 2 unspecified atom stereocenters. The lowest BCUT2D eigenvalue weighted by Crippen LogP contribution is -2.55. The average Bonchev–Trinajstić information content (AvgIpc) is 3.23. The van der Waals surface area contributed by atoms with Gasteiger partial charge in [-0.1, -0.05) is 34.7 Å². The third-order valence-corrected chi connectivity index (χ3v) is 7.39. The number of nitrogens with one attached hydrogen (secondary N) is 1. The summed E-state index contributed by atoms with van der Waals surface area (Å²) in [5.41, 5.74) is 2.28. The minimum Gasteiger partial charge on any atom is -0.496 e. The van der Waals surface area contributed by atoms with Gasteiger partial charge in [0.1, 0.15) is 35.3 Å². The molecule has 2 fully saturated rings. The molecule has 2 aromatic rings. The van der Waals surface area contributed by atoms with Crippen LogP contribution in [0.1, 0.15) is 45.9 Å². The van der Waals surface area contributed by atoms with E-state index < -0.39 is 23.3 Å². The molecule has 182 valence electrons. The van der Waals surface area contributed by atoms with Crippen LogP contribution >= 0.6 is 0 Å². The smallest absolute Gasteiger partial charge is 0.255 e. The first-order valence-electron chi connectivity index (χ1n) is 12.4. The molecule has 3 heterocycles. The van der Waals surface area contributed by atoms with Gasteiger partial charge in [-0.25, -0.2) is 0 Å². The van der Waals surface area contributed by atoms with E-state index in [4.69, 9.17) is 48.7 Å². The summed E-state index contributed by atoms with van der Waals surface area (Å²) in [6.45, 7) is 2.25. The molecule has 3 aliphatic heterocycles. The number of fused-ring (bicyclic) bond motifs is 1. The second-order valence-corrected chi connectivity index (χ2v) is 9.68. The summed E-state index contributed by atoms with van der Waals surface area (Å²) in [7, 11) is 32.1. The molecule has 5 rings (SSSR count). The predicted molar refractivity (Wildman–Crippen MR) is 144 cm³/mol. The third-order valence-electron chi connectivity index (χ3n) is 7.39. The van der Waals surface area contributed by atoms with Gasteiger partial charge in [0.05, 0.1) is 41.5 Å². The average molecular weight is 499 g/mol. The summed E-state index contributed by atoms with van der Waals surface area (Å²) in [5.74, 6) is -0.773. The Hall–Kier alpha value is -2.91. The first kappa shape index (κ1) is 26.7. The highest BCUT2D eigenvalue weighted by Gasteiger charge is 2.40. The van der Waals surface area contributed by atoms with Gasteiger partial charge in [0.2, 0.25) is 11.8 Å². The number of carbonyl (C=O) groups is 3. The zero-order valence-corrected chi connectivity index (χ0v) is 20.8. The standard InChI is InChI=1S/C25H22B5N3O5/c26-20-14(4-5-16(21(20)27)25(29,30)32-8-10-37-11-9-32)22(28)38-18-3-1-2-13-15(18)12-33(24(13)36)17-6-7-19(34)31-23(17)35/h1-5,17,22H,6-12H2,(H,31,34,35). The summed E-state index contributed by atoms with van der Waals surface area (Å²) in [5, 5.41) is 0.938. The lowest BCUT2D eigenvalue weighted by molar-refractivity contribution is -0.136. The van der Waals surface area contributed by atoms with Crippen LogP contribution in [0.15, 0.2) is 30.3 Å². The van der Waals surface area contributed by atoms with Crippen LogP contribution in [0.25, 0.3) is 0 Å². The fraction of sp³-hybridized carbons (Fsp3) is 0.400. The molecular formula is C25H22B5N3O5. The van der Waals surface area contributed by atoms with Crippen molar-refractivity contribution in [1.29, 1.82) is 0 Å². The van der Waals surface area contributed by atoms with Gasteiger partial charge in [0.15, 0.2) is 0 Å².